The Morgan fingerprint density at radius 2 is 2.00 bits per heavy atom. The monoisotopic (exact) mass is 347 g/mol. The number of ether oxygens (including phenoxy) is 2. The fourth-order valence-corrected chi connectivity index (χ4v) is 3.04. The largest absolute Gasteiger partial charge is 0.462 e. The molecule has 0 amide bonds. The number of carbonyl (C=O) groups is 3. The van der Waals surface area contributed by atoms with Crippen LogP contribution in [0, 0.1) is 19.8 Å². The van der Waals surface area contributed by atoms with Crippen LogP contribution in [0.4, 0.5) is 0 Å². The lowest BCUT2D eigenvalue weighted by molar-refractivity contribution is -0.151. The van der Waals surface area contributed by atoms with Gasteiger partial charge in [-0.05, 0) is 52.5 Å². The second kappa shape index (κ2) is 8.14. The molecule has 1 heterocycles. The summed E-state index contributed by atoms with van der Waals surface area (Å²) in [4.78, 5) is 39.8. The molecule has 2 atom stereocenters. The van der Waals surface area contributed by atoms with E-state index in [-0.39, 0.29) is 30.0 Å². The van der Waals surface area contributed by atoms with Gasteiger partial charge in [-0.25, -0.2) is 4.79 Å². The minimum Gasteiger partial charge on any atom is -0.462 e. The number of esters is 2. The molecule has 25 heavy (non-hydrogen) atoms. The van der Waals surface area contributed by atoms with E-state index in [1.54, 1.807) is 27.7 Å². The number of aromatic amines is 1. The van der Waals surface area contributed by atoms with Crippen molar-refractivity contribution in [1.82, 2.24) is 4.98 Å². The fraction of sp³-hybridized carbons (Fsp3) is 0.526. The van der Waals surface area contributed by atoms with Crippen LogP contribution in [-0.2, 0) is 14.3 Å². The molecule has 1 aliphatic carbocycles. The van der Waals surface area contributed by atoms with Crippen molar-refractivity contribution in [2.45, 2.75) is 53.1 Å². The first kappa shape index (κ1) is 19.0. The van der Waals surface area contributed by atoms with Gasteiger partial charge in [0.2, 0.25) is 5.78 Å². The lowest BCUT2D eigenvalue weighted by Crippen LogP contribution is -2.29. The number of ketones is 1. The average Bonchev–Trinajstić information content (AvgIpc) is 2.89. The fourth-order valence-electron chi connectivity index (χ4n) is 3.04. The van der Waals surface area contributed by atoms with Gasteiger partial charge in [0.1, 0.15) is 0 Å². The molecule has 1 aliphatic rings. The number of hydrogen-bond acceptors (Lipinski definition) is 5. The SMILES string of the molecule is CCOC(=O)c1c(C)[nH]c(C(=O)C(C)OC(=O)C2CC=CCC2)c1C. The van der Waals surface area contributed by atoms with Crippen LogP contribution in [0.1, 0.15) is 65.2 Å². The van der Waals surface area contributed by atoms with Gasteiger partial charge >= 0.3 is 11.9 Å². The Morgan fingerprint density at radius 1 is 1.28 bits per heavy atom. The molecule has 136 valence electrons. The van der Waals surface area contributed by atoms with E-state index in [2.05, 4.69) is 4.98 Å². The molecular weight excluding hydrogens is 322 g/mol. The van der Waals surface area contributed by atoms with Crippen molar-refractivity contribution in [3.8, 4) is 0 Å². The first-order chi connectivity index (χ1) is 11.9. The molecule has 6 nitrogen and oxygen atoms in total. The number of aryl methyl sites for hydroxylation is 1. The number of Topliss-reactive ketones (excluding diaryl/α,β-unsaturated/α-hetero) is 1. The molecule has 0 aliphatic heterocycles. The summed E-state index contributed by atoms with van der Waals surface area (Å²) in [5.41, 5.74) is 1.73. The third-order valence-electron chi connectivity index (χ3n) is 4.43. The minimum atomic E-state index is -0.912. The third kappa shape index (κ3) is 4.18. The second-order valence-electron chi connectivity index (χ2n) is 6.27. The number of H-pyrrole nitrogens is 1. The predicted octanol–water partition coefficient (Wildman–Crippen LogP) is 3.28. The van der Waals surface area contributed by atoms with Gasteiger partial charge in [0.25, 0.3) is 0 Å². The van der Waals surface area contributed by atoms with E-state index in [9.17, 15) is 14.4 Å². The standard InChI is InChI=1S/C19H25NO5/c1-5-24-19(23)15-11(2)16(20-12(15)3)17(21)13(4)25-18(22)14-9-7-6-8-10-14/h6-7,13-14,20H,5,8-10H2,1-4H3. The lowest BCUT2D eigenvalue weighted by atomic mass is 9.94. The highest BCUT2D eigenvalue weighted by Crippen LogP contribution is 2.23. The number of allylic oxidation sites excluding steroid dienone is 2. The van der Waals surface area contributed by atoms with Crippen molar-refractivity contribution < 1.29 is 23.9 Å². The maximum absolute atomic E-state index is 12.7. The third-order valence-corrected chi connectivity index (χ3v) is 4.43. The molecule has 6 heteroatoms. The Bertz CT molecular complexity index is 701. The van der Waals surface area contributed by atoms with Crippen LogP contribution < -0.4 is 0 Å². The average molecular weight is 347 g/mol. The molecule has 1 N–H and O–H groups in total. The Morgan fingerprint density at radius 3 is 2.60 bits per heavy atom. The Kier molecular flexibility index (Phi) is 6.17. The number of rotatable bonds is 6. The lowest BCUT2D eigenvalue weighted by Gasteiger charge is -2.19. The summed E-state index contributed by atoms with van der Waals surface area (Å²) >= 11 is 0. The van der Waals surface area contributed by atoms with Crippen molar-refractivity contribution in [1.29, 1.82) is 0 Å². The van der Waals surface area contributed by atoms with E-state index < -0.39 is 12.1 Å². The molecule has 0 saturated carbocycles. The summed E-state index contributed by atoms with van der Waals surface area (Å²) in [7, 11) is 0. The highest BCUT2D eigenvalue weighted by molar-refractivity contribution is 6.04. The van der Waals surface area contributed by atoms with E-state index in [1.807, 2.05) is 12.2 Å². The molecule has 0 aromatic carbocycles. The molecule has 0 radical (unpaired) electrons. The van der Waals surface area contributed by atoms with Crippen molar-refractivity contribution in [3.05, 3.63) is 34.7 Å². The molecule has 2 rings (SSSR count). The molecule has 2 unspecified atom stereocenters. The summed E-state index contributed by atoms with van der Waals surface area (Å²) in [6.45, 7) is 6.93. The van der Waals surface area contributed by atoms with Crippen LogP contribution in [0.2, 0.25) is 0 Å². The quantitative estimate of drug-likeness (QED) is 0.485. The zero-order valence-corrected chi connectivity index (χ0v) is 15.2. The first-order valence-electron chi connectivity index (χ1n) is 8.62. The van der Waals surface area contributed by atoms with Gasteiger partial charge in [0.15, 0.2) is 6.10 Å². The Labute approximate surface area is 147 Å². The molecule has 1 aromatic heterocycles. The van der Waals surface area contributed by atoms with E-state index >= 15 is 0 Å². The molecule has 0 saturated heterocycles. The van der Waals surface area contributed by atoms with Crippen LogP contribution in [0.3, 0.4) is 0 Å². The van der Waals surface area contributed by atoms with Crippen molar-refractivity contribution in [2.75, 3.05) is 6.61 Å². The van der Waals surface area contributed by atoms with Crippen LogP contribution in [0.25, 0.3) is 0 Å². The van der Waals surface area contributed by atoms with Gasteiger partial charge in [0.05, 0.1) is 23.8 Å². The van der Waals surface area contributed by atoms with E-state index in [4.69, 9.17) is 9.47 Å². The van der Waals surface area contributed by atoms with Gasteiger partial charge < -0.3 is 14.5 Å². The molecule has 0 bridgehead atoms. The van der Waals surface area contributed by atoms with Crippen molar-refractivity contribution >= 4 is 17.7 Å². The van der Waals surface area contributed by atoms with Crippen molar-refractivity contribution in [3.63, 3.8) is 0 Å². The van der Waals surface area contributed by atoms with Gasteiger partial charge in [-0.2, -0.15) is 0 Å². The molecular formula is C19H25NO5. The van der Waals surface area contributed by atoms with Crippen LogP contribution in [-0.4, -0.2) is 35.4 Å². The number of carbonyl (C=O) groups excluding carboxylic acids is 3. The minimum absolute atomic E-state index is 0.193. The van der Waals surface area contributed by atoms with Gasteiger partial charge in [0, 0.05) is 5.69 Å². The smallest absolute Gasteiger partial charge is 0.340 e. The topological polar surface area (TPSA) is 85.5 Å². The second-order valence-corrected chi connectivity index (χ2v) is 6.27. The van der Waals surface area contributed by atoms with Gasteiger partial charge in [-0.3, -0.25) is 9.59 Å². The summed E-state index contributed by atoms with van der Waals surface area (Å²) in [6.07, 6.45) is 5.33. The molecule has 1 aromatic rings. The zero-order chi connectivity index (χ0) is 18.6. The van der Waals surface area contributed by atoms with Crippen LogP contribution in [0.5, 0.6) is 0 Å². The number of nitrogens with one attached hydrogen (secondary N) is 1. The highest BCUT2D eigenvalue weighted by atomic mass is 16.5. The van der Waals surface area contributed by atoms with E-state index in [1.165, 1.54) is 0 Å². The van der Waals surface area contributed by atoms with Gasteiger partial charge in [-0.1, -0.05) is 12.2 Å². The van der Waals surface area contributed by atoms with Crippen molar-refractivity contribution in [2.24, 2.45) is 5.92 Å². The molecule has 0 spiro atoms. The number of hydrogen-bond donors (Lipinski definition) is 1. The number of aromatic nitrogens is 1. The Balaban J connectivity index is 2.11. The maximum Gasteiger partial charge on any atom is 0.340 e. The van der Waals surface area contributed by atoms with E-state index in [0.29, 0.717) is 23.2 Å². The summed E-state index contributed by atoms with van der Waals surface area (Å²) in [5.74, 6) is -1.36. The maximum atomic E-state index is 12.7. The summed E-state index contributed by atoms with van der Waals surface area (Å²) in [5, 5.41) is 0. The summed E-state index contributed by atoms with van der Waals surface area (Å²) in [6, 6.07) is 0. The van der Waals surface area contributed by atoms with E-state index in [0.717, 1.165) is 12.8 Å². The van der Waals surface area contributed by atoms with Crippen LogP contribution >= 0.6 is 0 Å². The highest BCUT2D eigenvalue weighted by Gasteiger charge is 2.29. The first-order valence-corrected chi connectivity index (χ1v) is 8.62. The summed E-state index contributed by atoms with van der Waals surface area (Å²) < 4.78 is 10.4. The predicted molar refractivity (Wildman–Crippen MR) is 92.6 cm³/mol. The normalized spacial score (nSPS) is 17.8. The Hall–Kier alpha value is -2.37. The molecule has 0 fully saturated rings. The van der Waals surface area contributed by atoms with Crippen LogP contribution in [0.15, 0.2) is 12.2 Å². The van der Waals surface area contributed by atoms with Gasteiger partial charge in [-0.15, -0.1) is 0 Å². The zero-order valence-electron chi connectivity index (χ0n) is 15.2.